The number of amides is 1. The molecule has 0 N–H and O–H groups in total. The molecule has 0 bridgehead atoms. The van der Waals surface area contributed by atoms with Crippen LogP contribution in [-0.4, -0.2) is 37.1 Å². The second kappa shape index (κ2) is 7.88. The second-order valence-electron chi connectivity index (χ2n) is 6.15. The van der Waals surface area contributed by atoms with Crippen LogP contribution in [0.2, 0.25) is 0 Å². The van der Waals surface area contributed by atoms with Crippen LogP contribution in [0.25, 0.3) is 0 Å². The van der Waals surface area contributed by atoms with Gasteiger partial charge in [0.1, 0.15) is 0 Å². The highest BCUT2D eigenvalue weighted by Crippen LogP contribution is 2.33. The number of carbonyl (C=O) groups is 1. The molecule has 0 aromatic heterocycles. The van der Waals surface area contributed by atoms with Crippen molar-refractivity contribution in [3.8, 4) is 0 Å². The van der Waals surface area contributed by atoms with Gasteiger partial charge in [-0.1, -0.05) is 32.6 Å². The average molecular weight is 267 g/mol. The van der Waals surface area contributed by atoms with Crippen LogP contribution >= 0.6 is 0 Å². The third-order valence-electron chi connectivity index (χ3n) is 4.73. The molecule has 110 valence electrons. The zero-order valence-electron chi connectivity index (χ0n) is 12.4. The molecule has 19 heavy (non-hydrogen) atoms. The lowest BCUT2D eigenvalue weighted by Crippen LogP contribution is -2.44. The molecule has 2 rings (SSSR count). The van der Waals surface area contributed by atoms with Gasteiger partial charge in [0.25, 0.3) is 0 Å². The van der Waals surface area contributed by atoms with E-state index in [1.54, 1.807) is 0 Å². The molecule has 0 spiro atoms. The van der Waals surface area contributed by atoms with E-state index in [1.807, 2.05) is 4.90 Å². The second-order valence-corrected chi connectivity index (χ2v) is 6.15. The summed E-state index contributed by atoms with van der Waals surface area (Å²) in [6.45, 7) is 5.30. The summed E-state index contributed by atoms with van der Waals surface area (Å²) >= 11 is 0. The number of ether oxygens (including phenoxy) is 1. The zero-order valence-corrected chi connectivity index (χ0v) is 12.4. The fraction of sp³-hybridized carbons (Fsp3) is 0.938. The minimum absolute atomic E-state index is 0.306. The van der Waals surface area contributed by atoms with Gasteiger partial charge in [-0.05, 0) is 31.6 Å². The molecule has 2 aliphatic rings. The first-order chi connectivity index (χ1) is 9.31. The average Bonchev–Trinajstić information content (AvgIpc) is 2.48. The van der Waals surface area contributed by atoms with Crippen molar-refractivity contribution in [2.45, 2.75) is 58.3 Å². The third-order valence-corrected chi connectivity index (χ3v) is 4.73. The lowest BCUT2D eigenvalue weighted by Gasteiger charge is -2.34. The number of rotatable bonds is 5. The maximum atomic E-state index is 12.4. The van der Waals surface area contributed by atoms with Crippen molar-refractivity contribution in [3.63, 3.8) is 0 Å². The van der Waals surface area contributed by atoms with Crippen LogP contribution in [0.15, 0.2) is 0 Å². The van der Waals surface area contributed by atoms with E-state index < -0.39 is 0 Å². The van der Waals surface area contributed by atoms with Crippen molar-refractivity contribution in [3.05, 3.63) is 0 Å². The molecule has 0 radical (unpaired) electrons. The minimum Gasteiger partial charge on any atom is -0.378 e. The van der Waals surface area contributed by atoms with Gasteiger partial charge in [-0.3, -0.25) is 4.79 Å². The van der Waals surface area contributed by atoms with Crippen molar-refractivity contribution in [2.24, 2.45) is 11.8 Å². The van der Waals surface area contributed by atoms with Gasteiger partial charge in [0.2, 0.25) is 5.91 Å². The van der Waals surface area contributed by atoms with Gasteiger partial charge >= 0.3 is 0 Å². The summed E-state index contributed by atoms with van der Waals surface area (Å²) in [6.07, 6.45) is 10.2. The molecule has 1 aliphatic carbocycles. The van der Waals surface area contributed by atoms with Crippen molar-refractivity contribution >= 4 is 5.91 Å². The van der Waals surface area contributed by atoms with Gasteiger partial charge in [-0.15, -0.1) is 0 Å². The van der Waals surface area contributed by atoms with Crippen LogP contribution in [-0.2, 0) is 9.53 Å². The molecule has 0 unspecified atom stereocenters. The van der Waals surface area contributed by atoms with Crippen molar-refractivity contribution in [1.82, 2.24) is 4.90 Å². The Labute approximate surface area is 117 Å². The number of morpholine rings is 1. The molecule has 0 aromatic rings. The number of nitrogens with zero attached hydrogens (tertiary/aromatic N) is 1. The summed E-state index contributed by atoms with van der Waals surface area (Å²) in [5, 5.41) is 0. The molecule has 2 fully saturated rings. The zero-order chi connectivity index (χ0) is 13.5. The Kier molecular flexibility index (Phi) is 6.15. The monoisotopic (exact) mass is 267 g/mol. The Balaban J connectivity index is 1.68. The molecule has 1 saturated carbocycles. The standard InChI is InChI=1S/C16H29NO2/c1-2-3-4-5-14-6-8-15(9-7-14)16(18)17-10-12-19-13-11-17/h14-15H,2-13H2,1H3. The highest BCUT2D eigenvalue weighted by atomic mass is 16.5. The van der Waals surface area contributed by atoms with Gasteiger partial charge in [0, 0.05) is 19.0 Å². The predicted octanol–water partition coefficient (Wildman–Crippen LogP) is 3.23. The van der Waals surface area contributed by atoms with Gasteiger partial charge in [0.15, 0.2) is 0 Å². The smallest absolute Gasteiger partial charge is 0.225 e. The van der Waals surface area contributed by atoms with E-state index in [4.69, 9.17) is 4.74 Å². The lowest BCUT2D eigenvalue weighted by molar-refractivity contribution is -0.141. The Morgan fingerprint density at radius 2 is 1.79 bits per heavy atom. The van der Waals surface area contributed by atoms with E-state index >= 15 is 0 Å². The maximum absolute atomic E-state index is 12.4. The van der Waals surface area contributed by atoms with Crippen LogP contribution in [0, 0.1) is 11.8 Å². The maximum Gasteiger partial charge on any atom is 0.225 e. The fourth-order valence-corrected chi connectivity index (χ4v) is 3.42. The molecule has 0 atom stereocenters. The molecule has 3 heteroatoms. The Morgan fingerprint density at radius 1 is 1.11 bits per heavy atom. The first-order valence-corrected chi connectivity index (χ1v) is 8.17. The number of hydrogen-bond donors (Lipinski definition) is 0. The first-order valence-electron chi connectivity index (χ1n) is 8.17. The van der Waals surface area contributed by atoms with Crippen LogP contribution < -0.4 is 0 Å². The summed E-state index contributed by atoms with van der Waals surface area (Å²) in [7, 11) is 0. The minimum atomic E-state index is 0.306. The van der Waals surface area contributed by atoms with E-state index in [0.29, 0.717) is 11.8 Å². The first kappa shape index (κ1) is 14.8. The topological polar surface area (TPSA) is 29.5 Å². The number of unbranched alkanes of at least 4 members (excludes halogenated alkanes) is 2. The largest absolute Gasteiger partial charge is 0.378 e. The van der Waals surface area contributed by atoms with Crippen LogP contribution in [0.1, 0.15) is 58.3 Å². The predicted molar refractivity (Wildman–Crippen MR) is 77.0 cm³/mol. The molecule has 1 saturated heterocycles. The van der Waals surface area contributed by atoms with Crippen molar-refractivity contribution in [1.29, 1.82) is 0 Å². The Hall–Kier alpha value is -0.570. The van der Waals surface area contributed by atoms with Gasteiger partial charge in [0.05, 0.1) is 13.2 Å². The molecule has 1 heterocycles. The van der Waals surface area contributed by atoms with Gasteiger partial charge in [-0.25, -0.2) is 0 Å². The summed E-state index contributed by atoms with van der Waals surface area (Å²) in [5.74, 6) is 1.59. The number of carbonyl (C=O) groups excluding carboxylic acids is 1. The van der Waals surface area contributed by atoms with E-state index in [2.05, 4.69) is 6.92 Å². The molecule has 0 aromatic carbocycles. The molecule has 1 amide bonds. The summed E-state index contributed by atoms with van der Waals surface area (Å²) in [5.41, 5.74) is 0. The fourth-order valence-electron chi connectivity index (χ4n) is 3.42. The lowest BCUT2D eigenvalue weighted by atomic mass is 9.79. The van der Waals surface area contributed by atoms with Gasteiger partial charge < -0.3 is 9.64 Å². The molecular formula is C16H29NO2. The summed E-state index contributed by atoms with van der Waals surface area (Å²) < 4.78 is 5.32. The Bertz CT molecular complexity index is 266. The van der Waals surface area contributed by atoms with Crippen LogP contribution in [0.5, 0.6) is 0 Å². The van der Waals surface area contributed by atoms with E-state index in [0.717, 1.165) is 45.1 Å². The normalized spacial score (nSPS) is 28.4. The van der Waals surface area contributed by atoms with E-state index in [9.17, 15) is 4.79 Å². The van der Waals surface area contributed by atoms with Crippen LogP contribution in [0.3, 0.4) is 0 Å². The quantitative estimate of drug-likeness (QED) is 0.716. The van der Waals surface area contributed by atoms with E-state index in [1.165, 1.54) is 38.5 Å². The van der Waals surface area contributed by atoms with E-state index in [-0.39, 0.29) is 0 Å². The number of hydrogen-bond acceptors (Lipinski definition) is 2. The molecule has 1 aliphatic heterocycles. The van der Waals surface area contributed by atoms with Crippen molar-refractivity contribution in [2.75, 3.05) is 26.3 Å². The summed E-state index contributed by atoms with van der Waals surface area (Å²) in [4.78, 5) is 14.4. The van der Waals surface area contributed by atoms with Crippen molar-refractivity contribution < 1.29 is 9.53 Å². The molecular weight excluding hydrogens is 238 g/mol. The van der Waals surface area contributed by atoms with Crippen LogP contribution in [0.4, 0.5) is 0 Å². The Morgan fingerprint density at radius 3 is 2.42 bits per heavy atom. The molecule has 3 nitrogen and oxygen atoms in total. The third kappa shape index (κ3) is 4.48. The highest BCUT2D eigenvalue weighted by Gasteiger charge is 2.29. The summed E-state index contributed by atoms with van der Waals surface area (Å²) in [6, 6.07) is 0. The SMILES string of the molecule is CCCCCC1CCC(C(=O)N2CCOCC2)CC1. The van der Waals surface area contributed by atoms with Gasteiger partial charge in [-0.2, -0.15) is 0 Å². The highest BCUT2D eigenvalue weighted by molar-refractivity contribution is 5.79.